The van der Waals surface area contributed by atoms with E-state index in [2.05, 4.69) is 4.98 Å². The van der Waals surface area contributed by atoms with Crippen molar-refractivity contribution in [1.29, 1.82) is 5.26 Å². The molecule has 2 rings (SSSR count). The minimum Gasteiger partial charge on any atom is -0.306 e. The zero-order valence-electron chi connectivity index (χ0n) is 7.79. The first-order chi connectivity index (χ1) is 7.31. The lowest BCUT2D eigenvalue weighted by Gasteiger charge is -2.04. The fraction of sp³-hybridized carbons (Fsp3) is 0. The SMILES string of the molecule is N#Cc1cn(-c2ccccc2)cnc1=O. The van der Waals surface area contributed by atoms with Gasteiger partial charge in [0.2, 0.25) is 0 Å². The van der Waals surface area contributed by atoms with Crippen LogP contribution >= 0.6 is 0 Å². The number of nitrogens with zero attached hydrogens (tertiary/aromatic N) is 3. The van der Waals surface area contributed by atoms with Crippen molar-refractivity contribution >= 4 is 0 Å². The zero-order chi connectivity index (χ0) is 10.7. The molecule has 0 radical (unpaired) electrons. The van der Waals surface area contributed by atoms with Gasteiger partial charge in [0.15, 0.2) is 0 Å². The van der Waals surface area contributed by atoms with Gasteiger partial charge in [-0.3, -0.25) is 4.79 Å². The molecule has 0 saturated carbocycles. The molecule has 1 aromatic carbocycles. The molecule has 0 fully saturated rings. The second-order valence-corrected chi connectivity index (χ2v) is 2.95. The van der Waals surface area contributed by atoms with Gasteiger partial charge < -0.3 is 4.57 Å². The fourth-order valence-corrected chi connectivity index (χ4v) is 1.23. The molecule has 4 heteroatoms. The van der Waals surface area contributed by atoms with Gasteiger partial charge >= 0.3 is 0 Å². The molecule has 72 valence electrons. The Balaban J connectivity index is 2.57. The summed E-state index contributed by atoms with van der Waals surface area (Å²) in [6.07, 6.45) is 2.88. The molecule has 0 unspecified atom stereocenters. The molecule has 1 aromatic heterocycles. The van der Waals surface area contributed by atoms with Crippen LogP contribution in [0.1, 0.15) is 5.56 Å². The first-order valence-corrected chi connectivity index (χ1v) is 4.35. The number of para-hydroxylation sites is 1. The summed E-state index contributed by atoms with van der Waals surface area (Å²) in [6, 6.07) is 11.2. The number of hydrogen-bond acceptors (Lipinski definition) is 3. The Morgan fingerprint density at radius 3 is 2.67 bits per heavy atom. The lowest BCUT2D eigenvalue weighted by molar-refractivity contribution is 0.953. The average molecular weight is 197 g/mol. The highest BCUT2D eigenvalue weighted by Crippen LogP contribution is 2.04. The van der Waals surface area contributed by atoms with Crippen molar-refractivity contribution in [3.8, 4) is 11.8 Å². The summed E-state index contributed by atoms with van der Waals surface area (Å²) in [7, 11) is 0. The highest BCUT2D eigenvalue weighted by molar-refractivity contribution is 5.33. The van der Waals surface area contributed by atoms with Gasteiger partial charge in [0.05, 0.1) is 0 Å². The molecular weight excluding hydrogens is 190 g/mol. The Bertz CT molecular complexity index is 566. The Hall–Kier alpha value is -2.41. The summed E-state index contributed by atoms with van der Waals surface area (Å²) >= 11 is 0. The average Bonchev–Trinajstić information content (AvgIpc) is 2.31. The van der Waals surface area contributed by atoms with E-state index in [0.29, 0.717) is 0 Å². The van der Waals surface area contributed by atoms with Crippen molar-refractivity contribution in [2.24, 2.45) is 0 Å². The summed E-state index contributed by atoms with van der Waals surface area (Å²) in [4.78, 5) is 14.7. The second-order valence-electron chi connectivity index (χ2n) is 2.95. The van der Waals surface area contributed by atoms with Crippen LogP contribution in [0, 0.1) is 11.3 Å². The van der Waals surface area contributed by atoms with Gasteiger partial charge in [-0.2, -0.15) is 10.2 Å². The summed E-state index contributed by atoms with van der Waals surface area (Å²) in [5, 5.41) is 8.69. The van der Waals surface area contributed by atoms with Gasteiger partial charge in [0.25, 0.3) is 5.56 Å². The number of aromatic nitrogens is 2. The molecule has 1 heterocycles. The normalized spacial score (nSPS) is 9.53. The van der Waals surface area contributed by atoms with Crippen LogP contribution in [0.3, 0.4) is 0 Å². The number of rotatable bonds is 1. The molecule has 4 nitrogen and oxygen atoms in total. The maximum Gasteiger partial charge on any atom is 0.290 e. The summed E-state index contributed by atoms with van der Waals surface area (Å²) < 4.78 is 1.64. The molecule has 0 saturated heterocycles. The molecule has 0 spiro atoms. The summed E-state index contributed by atoms with van der Waals surface area (Å²) in [5.41, 5.74) is 0.410. The minimum atomic E-state index is -0.496. The quantitative estimate of drug-likeness (QED) is 0.687. The van der Waals surface area contributed by atoms with Crippen molar-refractivity contribution in [1.82, 2.24) is 9.55 Å². The van der Waals surface area contributed by atoms with Gasteiger partial charge in [-0.25, -0.2) is 0 Å². The predicted molar refractivity (Wildman–Crippen MR) is 54.5 cm³/mol. The molecule has 2 aromatic rings. The van der Waals surface area contributed by atoms with Crippen LogP contribution in [0.25, 0.3) is 5.69 Å². The van der Waals surface area contributed by atoms with Crippen LogP contribution < -0.4 is 5.56 Å². The van der Waals surface area contributed by atoms with E-state index in [0.717, 1.165) is 5.69 Å². The van der Waals surface area contributed by atoms with Crippen molar-refractivity contribution < 1.29 is 0 Å². The molecule has 0 aliphatic rings. The number of nitriles is 1. The largest absolute Gasteiger partial charge is 0.306 e. The molecule has 0 aliphatic heterocycles. The van der Waals surface area contributed by atoms with E-state index in [1.54, 1.807) is 4.57 Å². The molecule has 0 atom stereocenters. The molecule has 0 bridgehead atoms. The van der Waals surface area contributed by atoms with E-state index in [-0.39, 0.29) is 5.56 Å². The van der Waals surface area contributed by atoms with Gasteiger partial charge in [-0.15, -0.1) is 0 Å². The van der Waals surface area contributed by atoms with Crippen LogP contribution in [0.5, 0.6) is 0 Å². The van der Waals surface area contributed by atoms with Crippen molar-refractivity contribution in [3.63, 3.8) is 0 Å². The third-order valence-electron chi connectivity index (χ3n) is 1.97. The topological polar surface area (TPSA) is 58.7 Å². The first-order valence-electron chi connectivity index (χ1n) is 4.35. The highest BCUT2D eigenvalue weighted by atomic mass is 16.1. The number of hydrogen-bond donors (Lipinski definition) is 0. The highest BCUT2D eigenvalue weighted by Gasteiger charge is 2.00. The molecular formula is C11H7N3O. The van der Waals surface area contributed by atoms with Gasteiger partial charge in [-0.1, -0.05) is 18.2 Å². The maximum absolute atomic E-state index is 11.1. The molecule has 0 amide bonds. The van der Waals surface area contributed by atoms with Crippen LogP contribution in [0.15, 0.2) is 47.7 Å². The van der Waals surface area contributed by atoms with Gasteiger partial charge in [0, 0.05) is 11.9 Å². The molecule has 0 N–H and O–H groups in total. The lowest BCUT2D eigenvalue weighted by atomic mass is 10.3. The fourth-order valence-electron chi connectivity index (χ4n) is 1.23. The minimum absolute atomic E-state index is 0.0429. The van der Waals surface area contributed by atoms with Crippen molar-refractivity contribution in [2.75, 3.05) is 0 Å². The van der Waals surface area contributed by atoms with E-state index in [1.165, 1.54) is 12.5 Å². The van der Waals surface area contributed by atoms with Crippen LogP contribution in [0.4, 0.5) is 0 Å². The second kappa shape index (κ2) is 3.76. The smallest absolute Gasteiger partial charge is 0.290 e. The van der Waals surface area contributed by atoms with Gasteiger partial charge in [-0.05, 0) is 12.1 Å². The molecule has 15 heavy (non-hydrogen) atoms. The predicted octanol–water partition coefficient (Wildman–Crippen LogP) is 1.10. The van der Waals surface area contributed by atoms with E-state index < -0.39 is 5.56 Å². The lowest BCUT2D eigenvalue weighted by Crippen LogP contribution is -2.13. The van der Waals surface area contributed by atoms with Crippen LogP contribution in [-0.2, 0) is 0 Å². The molecule has 0 aliphatic carbocycles. The van der Waals surface area contributed by atoms with E-state index in [4.69, 9.17) is 5.26 Å². The first kappa shape index (κ1) is 9.16. The van der Waals surface area contributed by atoms with Crippen molar-refractivity contribution in [3.05, 3.63) is 58.8 Å². The van der Waals surface area contributed by atoms with E-state index >= 15 is 0 Å². The Morgan fingerprint density at radius 2 is 2.00 bits per heavy atom. The Labute approximate surface area is 86.1 Å². The Kier molecular flexibility index (Phi) is 2.30. The third kappa shape index (κ3) is 1.76. The Morgan fingerprint density at radius 1 is 1.27 bits per heavy atom. The zero-order valence-corrected chi connectivity index (χ0v) is 7.79. The standard InChI is InChI=1S/C11H7N3O/c12-6-9-7-14(8-13-11(9)15)10-4-2-1-3-5-10/h1-5,7-8H. The third-order valence-corrected chi connectivity index (χ3v) is 1.97. The van der Waals surface area contributed by atoms with E-state index in [1.807, 2.05) is 36.4 Å². The van der Waals surface area contributed by atoms with Gasteiger partial charge in [0.1, 0.15) is 18.0 Å². The summed E-state index contributed by atoms with van der Waals surface area (Å²) in [5.74, 6) is 0. The van der Waals surface area contributed by atoms with Crippen LogP contribution in [-0.4, -0.2) is 9.55 Å². The van der Waals surface area contributed by atoms with Crippen LogP contribution in [0.2, 0.25) is 0 Å². The number of benzene rings is 1. The van der Waals surface area contributed by atoms with Crippen molar-refractivity contribution in [2.45, 2.75) is 0 Å². The summed E-state index contributed by atoms with van der Waals surface area (Å²) in [6.45, 7) is 0. The van der Waals surface area contributed by atoms with E-state index in [9.17, 15) is 4.79 Å². The monoisotopic (exact) mass is 197 g/mol. The maximum atomic E-state index is 11.1.